The lowest BCUT2D eigenvalue weighted by atomic mass is 9.92. The second-order valence-corrected chi connectivity index (χ2v) is 5.67. The first kappa shape index (κ1) is 14.5. The largest absolute Gasteiger partial charge is 0.396 e. The summed E-state index contributed by atoms with van der Waals surface area (Å²) < 4.78 is 14.8. The van der Waals surface area contributed by atoms with Crippen LogP contribution in [0.5, 0.6) is 0 Å². The summed E-state index contributed by atoms with van der Waals surface area (Å²) in [5, 5.41) is 9.64. The van der Waals surface area contributed by atoms with Gasteiger partial charge in [0, 0.05) is 10.4 Å². The molecule has 19 heavy (non-hydrogen) atoms. The van der Waals surface area contributed by atoms with Gasteiger partial charge in [-0.3, -0.25) is 0 Å². The maximum atomic E-state index is 13.9. The normalized spacial score (nSPS) is 12.4. The Balaban J connectivity index is 2.26. The van der Waals surface area contributed by atoms with Crippen molar-refractivity contribution in [2.24, 2.45) is 0 Å². The number of hydrogen-bond acceptors (Lipinski definition) is 1. The molecular formula is C15H13BrClFO. The Kier molecular flexibility index (Phi) is 4.97. The Morgan fingerprint density at radius 2 is 1.95 bits per heavy atom. The van der Waals surface area contributed by atoms with Crippen molar-refractivity contribution in [2.45, 2.75) is 12.3 Å². The van der Waals surface area contributed by atoms with E-state index in [1.807, 2.05) is 24.3 Å². The van der Waals surface area contributed by atoms with Crippen molar-refractivity contribution >= 4 is 27.5 Å². The molecule has 0 aliphatic carbocycles. The van der Waals surface area contributed by atoms with Crippen LogP contribution in [0.2, 0.25) is 5.02 Å². The standard InChI is InChI=1S/C15H13BrClFO/c16-13-5-1-3-10(8-13)12(9-19)7-11-4-2-6-14(17)15(11)18/h1-6,8,12,19H,7,9H2. The van der Waals surface area contributed by atoms with Gasteiger partial charge in [0.25, 0.3) is 0 Å². The first-order valence-electron chi connectivity index (χ1n) is 5.91. The summed E-state index contributed by atoms with van der Waals surface area (Å²) in [4.78, 5) is 0. The maximum absolute atomic E-state index is 13.9. The average Bonchev–Trinajstić information content (AvgIpc) is 2.40. The zero-order chi connectivity index (χ0) is 13.8. The number of hydrogen-bond donors (Lipinski definition) is 1. The molecule has 0 saturated heterocycles. The second-order valence-electron chi connectivity index (χ2n) is 4.35. The molecule has 0 spiro atoms. The molecule has 0 fully saturated rings. The quantitative estimate of drug-likeness (QED) is 0.863. The summed E-state index contributed by atoms with van der Waals surface area (Å²) in [6.45, 7) is -0.0393. The number of aliphatic hydroxyl groups excluding tert-OH is 1. The van der Waals surface area contributed by atoms with E-state index in [1.54, 1.807) is 12.1 Å². The summed E-state index contributed by atoms with van der Waals surface area (Å²) in [6, 6.07) is 12.6. The highest BCUT2D eigenvalue weighted by molar-refractivity contribution is 9.10. The van der Waals surface area contributed by atoms with Gasteiger partial charge in [-0.15, -0.1) is 0 Å². The van der Waals surface area contributed by atoms with Gasteiger partial charge in [-0.05, 0) is 35.7 Å². The van der Waals surface area contributed by atoms with Gasteiger partial charge in [-0.25, -0.2) is 4.39 Å². The van der Waals surface area contributed by atoms with Crippen molar-refractivity contribution in [3.63, 3.8) is 0 Å². The molecule has 2 aromatic rings. The predicted octanol–water partition coefficient (Wildman–Crippen LogP) is 4.56. The molecule has 0 aromatic heterocycles. The van der Waals surface area contributed by atoms with Crippen LogP contribution in [0, 0.1) is 5.82 Å². The molecule has 2 aromatic carbocycles. The van der Waals surface area contributed by atoms with Crippen LogP contribution >= 0.6 is 27.5 Å². The molecule has 1 atom stereocenters. The van der Waals surface area contributed by atoms with Crippen LogP contribution in [0.1, 0.15) is 17.0 Å². The molecule has 0 radical (unpaired) electrons. The number of aliphatic hydroxyl groups is 1. The van der Waals surface area contributed by atoms with Crippen molar-refractivity contribution in [2.75, 3.05) is 6.61 Å². The SMILES string of the molecule is OCC(Cc1cccc(Cl)c1F)c1cccc(Br)c1. The lowest BCUT2D eigenvalue weighted by Crippen LogP contribution is -2.09. The Hall–Kier alpha value is -0.900. The van der Waals surface area contributed by atoms with E-state index < -0.39 is 5.82 Å². The van der Waals surface area contributed by atoms with Crippen molar-refractivity contribution in [3.8, 4) is 0 Å². The fourth-order valence-electron chi connectivity index (χ4n) is 2.02. The van der Waals surface area contributed by atoms with Crippen molar-refractivity contribution in [1.29, 1.82) is 0 Å². The molecule has 1 nitrogen and oxygen atoms in total. The van der Waals surface area contributed by atoms with E-state index in [-0.39, 0.29) is 17.5 Å². The van der Waals surface area contributed by atoms with Gasteiger partial charge < -0.3 is 5.11 Å². The topological polar surface area (TPSA) is 20.2 Å². The second kappa shape index (κ2) is 6.51. The highest BCUT2D eigenvalue weighted by Crippen LogP contribution is 2.26. The Labute approximate surface area is 125 Å². The summed E-state index contributed by atoms with van der Waals surface area (Å²) in [6.07, 6.45) is 0.416. The van der Waals surface area contributed by atoms with Gasteiger partial charge in [0.15, 0.2) is 0 Å². The summed E-state index contributed by atoms with van der Waals surface area (Å²) >= 11 is 9.16. The zero-order valence-electron chi connectivity index (χ0n) is 10.1. The van der Waals surface area contributed by atoms with Gasteiger partial charge >= 0.3 is 0 Å². The molecule has 0 bridgehead atoms. The van der Waals surface area contributed by atoms with E-state index in [1.165, 1.54) is 6.07 Å². The minimum atomic E-state index is -0.405. The molecule has 1 unspecified atom stereocenters. The molecule has 0 heterocycles. The van der Waals surface area contributed by atoms with Gasteiger partial charge in [0.2, 0.25) is 0 Å². The molecule has 0 saturated carbocycles. The van der Waals surface area contributed by atoms with Gasteiger partial charge in [0.1, 0.15) is 5.82 Å². The molecule has 0 amide bonds. The van der Waals surface area contributed by atoms with E-state index in [9.17, 15) is 9.50 Å². The van der Waals surface area contributed by atoms with Crippen LogP contribution in [-0.4, -0.2) is 11.7 Å². The zero-order valence-corrected chi connectivity index (χ0v) is 12.5. The number of benzene rings is 2. The Bertz CT molecular complexity index is 574. The third-order valence-electron chi connectivity index (χ3n) is 3.04. The fraction of sp³-hybridized carbons (Fsp3) is 0.200. The highest BCUT2D eigenvalue weighted by Gasteiger charge is 2.15. The lowest BCUT2D eigenvalue weighted by molar-refractivity contribution is 0.263. The highest BCUT2D eigenvalue weighted by atomic mass is 79.9. The predicted molar refractivity (Wildman–Crippen MR) is 79.1 cm³/mol. The van der Waals surface area contributed by atoms with Gasteiger partial charge in [0.05, 0.1) is 11.6 Å². The molecular weight excluding hydrogens is 331 g/mol. The van der Waals surface area contributed by atoms with Gasteiger partial charge in [-0.2, -0.15) is 0 Å². The van der Waals surface area contributed by atoms with Crippen LogP contribution in [-0.2, 0) is 6.42 Å². The van der Waals surface area contributed by atoms with Crippen LogP contribution in [0.25, 0.3) is 0 Å². The van der Waals surface area contributed by atoms with E-state index in [0.717, 1.165) is 10.0 Å². The van der Waals surface area contributed by atoms with Crippen LogP contribution in [0.15, 0.2) is 46.9 Å². The summed E-state index contributed by atoms with van der Waals surface area (Å²) in [5.74, 6) is -0.553. The van der Waals surface area contributed by atoms with Gasteiger partial charge in [-0.1, -0.05) is 51.8 Å². The van der Waals surface area contributed by atoms with E-state index >= 15 is 0 Å². The van der Waals surface area contributed by atoms with Crippen molar-refractivity contribution in [3.05, 3.63) is 68.9 Å². The molecule has 2 rings (SSSR count). The summed E-state index contributed by atoms with van der Waals surface area (Å²) in [7, 11) is 0. The van der Waals surface area contributed by atoms with E-state index in [0.29, 0.717) is 12.0 Å². The third kappa shape index (κ3) is 3.56. The van der Waals surface area contributed by atoms with Crippen LogP contribution < -0.4 is 0 Å². The minimum absolute atomic E-state index is 0.0393. The van der Waals surface area contributed by atoms with E-state index in [2.05, 4.69) is 15.9 Å². The number of rotatable bonds is 4. The monoisotopic (exact) mass is 342 g/mol. The smallest absolute Gasteiger partial charge is 0.144 e. The molecule has 100 valence electrons. The van der Waals surface area contributed by atoms with Crippen LogP contribution in [0.4, 0.5) is 4.39 Å². The first-order chi connectivity index (χ1) is 9.11. The molecule has 0 aliphatic heterocycles. The van der Waals surface area contributed by atoms with Crippen molar-refractivity contribution < 1.29 is 9.50 Å². The molecule has 4 heteroatoms. The van der Waals surface area contributed by atoms with Crippen molar-refractivity contribution in [1.82, 2.24) is 0 Å². The maximum Gasteiger partial charge on any atom is 0.144 e. The third-order valence-corrected chi connectivity index (χ3v) is 3.82. The van der Waals surface area contributed by atoms with E-state index in [4.69, 9.17) is 11.6 Å². The Morgan fingerprint density at radius 1 is 1.21 bits per heavy atom. The lowest BCUT2D eigenvalue weighted by Gasteiger charge is -2.16. The first-order valence-corrected chi connectivity index (χ1v) is 7.08. The fourth-order valence-corrected chi connectivity index (χ4v) is 2.63. The molecule has 1 N–H and O–H groups in total. The Morgan fingerprint density at radius 3 is 2.63 bits per heavy atom. The average molecular weight is 344 g/mol. The number of halogens is 3. The summed E-state index contributed by atoms with van der Waals surface area (Å²) in [5.41, 5.74) is 1.49. The minimum Gasteiger partial charge on any atom is -0.396 e. The molecule has 0 aliphatic rings. The van der Waals surface area contributed by atoms with Crippen LogP contribution in [0.3, 0.4) is 0 Å².